The van der Waals surface area contributed by atoms with Gasteiger partial charge >= 0.3 is 0 Å². The Labute approximate surface area is 118 Å². The fraction of sp³-hybridized carbons (Fsp3) is 0.467. The monoisotopic (exact) mass is 276 g/mol. The molecule has 5 heteroatoms. The number of hydrogen-bond acceptors (Lipinski definition) is 4. The van der Waals surface area contributed by atoms with Gasteiger partial charge in [0.25, 0.3) is 0 Å². The van der Waals surface area contributed by atoms with Gasteiger partial charge in [-0.15, -0.1) is 0 Å². The molecule has 1 aromatic carbocycles. The van der Waals surface area contributed by atoms with E-state index in [0.29, 0.717) is 30.9 Å². The third kappa shape index (κ3) is 4.06. The van der Waals surface area contributed by atoms with Crippen molar-refractivity contribution in [3.8, 4) is 5.75 Å². The molecule has 0 aromatic heterocycles. The normalized spacial score (nSPS) is 16.4. The van der Waals surface area contributed by atoms with Crippen molar-refractivity contribution >= 4 is 11.7 Å². The molecule has 2 rings (SSSR count). The summed E-state index contributed by atoms with van der Waals surface area (Å²) in [6.45, 7) is 5.07. The summed E-state index contributed by atoms with van der Waals surface area (Å²) in [7, 11) is 0. The van der Waals surface area contributed by atoms with Gasteiger partial charge in [0.1, 0.15) is 12.4 Å². The van der Waals surface area contributed by atoms with Gasteiger partial charge in [0, 0.05) is 32.6 Å². The molecule has 0 aliphatic carbocycles. The quantitative estimate of drug-likeness (QED) is 0.818. The van der Waals surface area contributed by atoms with Gasteiger partial charge in [0.05, 0.1) is 5.56 Å². The van der Waals surface area contributed by atoms with E-state index in [2.05, 4.69) is 10.2 Å². The van der Waals surface area contributed by atoms with Crippen molar-refractivity contribution in [2.75, 3.05) is 32.8 Å². The van der Waals surface area contributed by atoms with Crippen LogP contribution >= 0.6 is 0 Å². The fourth-order valence-corrected chi connectivity index (χ4v) is 2.20. The largest absolute Gasteiger partial charge is 0.491 e. The molecule has 1 saturated heterocycles. The van der Waals surface area contributed by atoms with E-state index in [-0.39, 0.29) is 11.7 Å². The molecule has 108 valence electrons. The van der Waals surface area contributed by atoms with E-state index in [1.54, 1.807) is 6.07 Å². The zero-order chi connectivity index (χ0) is 14.4. The van der Waals surface area contributed by atoms with Crippen molar-refractivity contribution < 1.29 is 14.3 Å². The molecule has 1 aliphatic rings. The fourth-order valence-electron chi connectivity index (χ4n) is 2.20. The molecular weight excluding hydrogens is 256 g/mol. The highest BCUT2D eigenvalue weighted by Crippen LogP contribution is 2.18. The average molecular weight is 276 g/mol. The lowest BCUT2D eigenvalue weighted by Crippen LogP contribution is -2.32. The molecule has 1 aliphatic heterocycles. The standard InChI is InChI=1S/C15H20N2O3/c1-12(18)13-4-2-3-5-14(13)20-11-10-17-8-6-15(19)16-7-9-17/h2-5H,6-11H2,1H3,(H,16,19). The van der Waals surface area contributed by atoms with Crippen LogP contribution in [0.4, 0.5) is 0 Å². The Morgan fingerprint density at radius 2 is 2.15 bits per heavy atom. The Balaban J connectivity index is 1.84. The first kappa shape index (κ1) is 14.5. The van der Waals surface area contributed by atoms with E-state index in [4.69, 9.17) is 4.74 Å². The van der Waals surface area contributed by atoms with Crippen LogP contribution in [0.25, 0.3) is 0 Å². The van der Waals surface area contributed by atoms with Crippen LogP contribution in [0.5, 0.6) is 5.75 Å². The lowest BCUT2D eigenvalue weighted by Gasteiger charge is -2.19. The first-order valence-electron chi connectivity index (χ1n) is 6.88. The molecule has 1 fully saturated rings. The Morgan fingerprint density at radius 3 is 2.95 bits per heavy atom. The lowest BCUT2D eigenvalue weighted by atomic mass is 10.1. The van der Waals surface area contributed by atoms with Gasteiger partial charge in [0.2, 0.25) is 5.91 Å². The van der Waals surface area contributed by atoms with E-state index in [9.17, 15) is 9.59 Å². The molecule has 1 N–H and O–H groups in total. The lowest BCUT2D eigenvalue weighted by molar-refractivity contribution is -0.120. The summed E-state index contributed by atoms with van der Waals surface area (Å²) in [4.78, 5) is 24.9. The maximum Gasteiger partial charge on any atom is 0.221 e. The van der Waals surface area contributed by atoms with Crippen molar-refractivity contribution in [1.29, 1.82) is 0 Å². The van der Waals surface area contributed by atoms with Crippen LogP contribution < -0.4 is 10.1 Å². The molecular formula is C15H20N2O3. The van der Waals surface area contributed by atoms with E-state index in [1.165, 1.54) is 6.92 Å². The van der Waals surface area contributed by atoms with Crippen LogP contribution in [0.1, 0.15) is 23.7 Å². The minimum atomic E-state index is 0.00479. The molecule has 0 atom stereocenters. The molecule has 0 spiro atoms. The van der Waals surface area contributed by atoms with E-state index in [0.717, 1.165) is 19.6 Å². The molecule has 5 nitrogen and oxygen atoms in total. The minimum absolute atomic E-state index is 0.00479. The Kier molecular flexibility index (Phi) is 5.12. The average Bonchev–Trinajstić information content (AvgIpc) is 2.64. The molecule has 0 saturated carbocycles. The van der Waals surface area contributed by atoms with Gasteiger partial charge in [-0.1, -0.05) is 12.1 Å². The SMILES string of the molecule is CC(=O)c1ccccc1OCCN1CCNC(=O)CC1. The number of ether oxygens (including phenoxy) is 1. The number of rotatable bonds is 5. The van der Waals surface area contributed by atoms with Gasteiger partial charge in [-0.05, 0) is 19.1 Å². The first-order chi connectivity index (χ1) is 9.66. The number of carbonyl (C=O) groups excluding carboxylic acids is 2. The van der Waals surface area contributed by atoms with Crippen molar-refractivity contribution in [3.05, 3.63) is 29.8 Å². The minimum Gasteiger partial charge on any atom is -0.491 e. The summed E-state index contributed by atoms with van der Waals surface area (Å²) in [5.74, 6) is 0.740. The van der Waals surface area contributed by atoms with Crippen molar-refractivity contribution in [2.45, 2.75) is 13.3 Å². The number of Topliss-reactive ketones (excluding diaryl/α,β-unsaturated/α-hetero) is 1. The number of nitrogens with one attached hydrogen (secondary N) is 1. The predicted molar refractivity (Wildman–Crippen MR) is 76.0 cm³/mol. The van der Waals surface area contributed by atoms with Crippen LogP contribution in [-0.4, -0.2) is 49.4 Å². The van der Waals surface area contributed by atoms with Gasteiger partial charge in [-0.25, -0.2) is 0 Å². The molecule has 0 radical (unpaired) electrons. The summed E-state index contributed by atoms with van der Waals surface area (Å²) in [6.07, 6.45) is 0.532. The van der Waals surface area contributed by atoms with Crippen LogP contribution in [0, 0.1) is 0 Å². The topological polar surface area (TPSA) is 58.6 Å². The van der Waals surface area contributed by atoms with Gasteiger partial charge in [-0.3, -0.25) is 14.5 Å². The highest BCUT2D eigenvalue weighted by atomic mass is 16.5. The second-order valence-corrected chi connectivity index (χ2v) is 4.84. The van der Waals surface area contributed by atoms with Gasteiger partial charge in [0.15, 0.2) is 5.78 Å². The maximum atomic E-state index is 11.5. The third-order valence-corrected chi connectivity index (χ3v) is 3.34. The zero-order valence-electron chi connectivity index (χ0n) is 11.7. The second kappa shape index (κ2) is 7.05. The van der Waals surface area contributed by atoms with E-state index >= 15 is 0 Å². The van der Waals surface area contributed by atoms with Crippen LogP contribution in [0.15, 0.2) is 24.3 Å². The molecule has 0 unspecified atom stereocenters. The maximum absolute atomic E-state index is 11.5. The number of ketones is 1. The van der Waals surface area contributed by atoms with Crippen molar-refractivity contribution in [2.24, 2.45) is 0 Å². The number of benzene rings is 1. The van der Waals surface area contributed by atoms with Crippen LogP contribution in [0.2, 0.25) is 0 Å². The molecule has 1 aromatic rings. The van der Waals surface area contributed by atoms with E-state index in [1.807, 2.05) is 18.2 Å². The first-order valence-corrected chi connectivity index (χ1v) is 6.88. The number of carbonyl (C=O) groups is 2. The Morgan fingerprint density at radius 1 is 1.35 bits per heavy atom. The summed E-state index contributed by atoms with van der Waals surface area (Å²) in [6, 6.07) is 7.27. The number of amides is 1. The highest BCUT2D eigenvalue weighted by molar-refractivity contribution is 5.96. The number of para-hydroxylation sites is 1. The van der Waals surface area contributed by atoms with Crippen molar-refractivity contribution in [3.63, 3.8) is 0 Å². The second-order valence-electron chi connectivity index (χ2n) is 4.84. The predicted octanol–water partition coefficient (Wildman–Crippen LogP) is 1.09. The molecule has 0 bridgehead atoms. The summed E-state index contributed by atoms with van der Waals surface area (Å²) >= 11 is 0. The highest BCUT2D eigenvalue weighted by Gasteiger charge is 2.13. The Hall–Kier alpha value is -1.88. The van der Waals surface area contributed by atoms with Gasteiger partial charge < -0.3 is 10.1 Å². The summed E-state index contributed by atoms with van der Waals surface area (Å²) in [5.41, 5.74) is 0.611. The molecule has 1 amide bonds. The van der Waals surface area contributed by atoms with Crippen LogP contribution in [0.3, 0.4) is 0 Å². The number of hydrogen-bond donors (Lipinski definition) is 1. The summed E-state index contributed by atoms with van der Waals surface area (Å²) < 4.78 is 5.70. The van der Waals surface area contributed by atoms with E-state index < -0.39 is 0 Å². The van der Waals surface area contributed by atoms with Crippen molar-refractivity contribution in [1.82, 2.24) is 10.2 Å². The molecule has 1 heterocycles. The summed E-state index contributed by atoms with van der Waals surface area (Å²) in [5, 5.41) is 2.84. The van der Waals surface area contributed by atoms with Crippen LogP contribution in [-0.2, 0) is 4.79 Å². The smallest absolute Gasteiger partial charge is 0.221 e. The zero-order valence-corrected chi connectivity index (χ0v) is 11.7. The Bertz CT molecular complexity index is 488. The number of nitrogens with zero attached hydrogens (tertiary/aromatic N) is 1. The third-order valence-electron chi connectivity index (χ3n) is 3.34. The molecule has 20 heavy (non-hydrogen) atoms. The van der Waals surface area contributed by atoms with Gasteiger partial charge in [-0.2, -0.15) is 0 Å².